The van der Waals surface area contributed by atoms with Crippen molar-refractivity contribution < 1.29 is 0 Å². The molecule has 1 aliphatic rings. The van der Waals surface area contributed by atoms with Crippen LogP contribution in [-0.2, 0) is 0 Å². The molecule has 1 rings (SSSR count). The van der Waals surface area contributed by atoms with Crippen molar-refractivity contribution in [3.8, 4) is 0 Å². The molecule has 53 valence electrons. The highest BCUT2D eigenvalue weighted by atomic mass is 15.2. The molecule has 1 radical (unpaired) electrons. The Labute approximate surface area is 58.0 Å². The van der Waals surface area contributed by atoms with Crippen LogP contribution >= 0.6 is 0 Å². The van der Waals surface area contributed by atoms with Crippen LogP contribution in [0.3, 0.4) is 0 Å². The van der Waals surface area contributed by atoms with E-state index in [0.29, 0.717) is 0 Å². The fraction of sp³-hybridized carbons (Fsp3) is 1.00. The van der Waals surface area contributed by atoms with Gasteiger partial charge in [-0.15, -0.1) is 0 Å². The lowest BCUT2D eigenvalue weighted by Crippen LogP contribution is -2.35. The van der Waals surface area contributed by atoms with Crippen molar-refractivity contribution in [3.63, 3.8) is 0 Å². The van der Waals surface area contributed by atoms with Gasteiger partial charge in [0.25, 0.3) is 0 Å². The van der Waals surface area contributed by atoms with Crippen molar-refractivity contribution >= 4 is 0 Å². The van der Waals surface area contributed by atoms with E-state index < -0.39 is 0 Å². The molecule has 0 bridgehead atoms. The molecule has 1 heteroatoms. The predicted octanol–water partition coefficient (Wildman–Crippen LogP) is 1.72. The molecule has 1 fully saturated rings. The molecule has 0 amide bonds. The van der Waals surface area contributed by atoms with E-state index in [1.165, 1.54) is 32.4 Å². The van der Waals surface area contributed by atoms with Crippen molar-refractivity contribution in [3.05, 3.63) is 0 Å². The minimum Gasteiger partial charge on any atom is -0.168 e. The summed E-state index contributed by atoms with van der Waals surface area (Å²) < 4.78 is 0. The Kier molecular flexibility index (Phi) is 2.52. The van der Waals surface area contributed by atoms with E-state index >= 15 is 0 Å². The molecule has 0 saturated carbocycles. The zero-order valence-electron chi connectivity index (χ0n) is 6.56. The average molecular weight is 127 g/mol. The molecule has 0 aromatic carbocycles. The molecule has 0 aromatic heterocycles. The second-order valence-electron chi connectivity index (χ2n) is 3.00. The maximum Gasteiger partial charge on any atom is 0.129 e. The van der Waals surface area contributed by atoms with Gasteiger partial charge in [-0.05, 0) is 6.92 Å². The molecule has 1 heterocycles. The predicted molar refractivity (Wildman–Crippen MR) is 40.9 cm³/mol. The Balaban J connectivity index is 2.24. The second kappa shape index (κ2) is 3.21. The summed E-state index contributed by atoms with van der Waals surface area (Å²) in [6.45, 7) is 7.28. The molecular weight excluding hydrogens is 110 g/mol. The summed E-state index contributed by atoms with van der Waals surface area (Å²) in [4.78, 5) is 2.58. The Morgan fingerprint density at radius 1 is 1.33 bits per heavy atom. The van der Waals surface area contributed by atoms with E-state index in [2.05, 4.69) is 18.7 Å². The second-order valence-corrected chi connectivity index (χ2v) is 3.00. The third kappa shape index (κ3) is 1.68. The molecule has 0 N–H and O–H groups in total. The molecule has 1 atom stereocenters. The molecule has 1 nitrogen and oxygen atoms in total. The minimum atomic E-state index is 0.826. The smallest absolute Gasteiger partial charge is 0.129 e. The zero-order valence-corrected chi connectivity index (χ0v) is 6.56. The maximum absolute atomic E-state index is 2.58. The van der Waals surface area contributed by atoms with E-state index in [4.69, 9.17) is 0 Å². The molecule has 0 spiro atoms. The van der Waals surface area contributed by atoms with Gasteiger partial charge < -0.3 is 0 Å². The van der Waals surface area contributed by atoms with E-state index in [1.54, 1.807) is 0 Å². The van der Waals surface area contributed by atoms with Gasteiger partial charge in [-0.3, -0.25) is 0 Å². The van der Waals surface area contributed by atoms with Gasteiger partial charge >= 0.3 is 0 Å². The van der Waals surface area contributed by atoms with Crippen LogP contribution in [0.25, 0.3) is 0 Å². The van der Waals surface area contributed by atoms with Crippen LogP contribution in [0, 0.1) is 0 Å². The largest absolute Gasteiger partial charge is 0.168 e. The standard InChI is InChI=1S/C8H17N/c1-3-8(2)9-6-4-5-7-9/h8H,3-7H2,1-2H3/q+1. The fourth-order valence-electron chi connectivity index (χ4n) is 1.44. The van der Waals surface area contributed by atoms with Gasteiger partial charge in [0.2, 0.25) is 0 Å². The van der Waals surface area contributed by atoms with E-state index in [-0.39, 0.29) is 0 Å². The van der Waals surface area contributed by atoms with Crippen LogP contribution in [0.4, 0.5) is 0 Å². The summed E-state index contributed by atoms with van der Waals surface area (Å²) in [6.07, 6.45) is 4.15. The third-order valence-electron chi connectivity index (χ3n) is 2.35. The topological polar surface area (TPSA) is 5.90 Å². The molecule has 1 saturated heterocycles. The number of hydrogen-bond donors (Lipinski definition) is 0. The van der Waals surface area contributed by atoms with E-state index in [1.807, 2.05) is 0 Å². The first kappa shape index (κ1) is 7.07. The van der Waals surface area contributed by atoms with Crippen LogP contribution in [0.5, 0.6) is 0 Å². The monoisotopic (exact) mass is 127 g/mol. The number of nitrogens with zero attached hydrogens (tertiary/aromatic N) is 1. The summed E-state index contributed by atoms with van der Waals surface area (Å²) in [5.74, 6) is 0. The van der Waals surface area contributed by atoms with Crippen molar-refractivity contribution in [2.75, 3.05) is 13.1 Å². The SMILES string of the molecule is CCC(C)[N+]1CCCC1. The molecule has 1 unspecified atom stereocenters. The minimum absolute atomic E-state index is 0.826. The lowest BCUT2D eigenvalue weighted by Gasteiger charge is -2.10. The summed E-state index contributed by atoms with van der Waals surface area (Å²) in [5, 5.41) is 0. The number of hydrogen-bond acceptors (Lipinski definition) is 1. The maximum atomic E-state index is 2.58. The van der Waals surface area contributed by atoms with Crippen LogP contribution in [0.15, 0.2) is 0 Å². The number of likely N-dealkylation sites (tertiary alicyclic amines) is 1. The van der Waals surface area contributed by atoms with Gasteiger partial charge in [-0.25, -0.2) is 0 Å². The highest BCUT2D eigenvalue weighted by Crippen LogP contribution is 2.09. The number of rotatable bonds is 2. The van der Waals surface area contributed by atoms with Crippen LogP contribution in [0.2, 0.25) is 0 Å². The summed E-state index contributed by atoms with van der Waals surface area (Å²) in [5.41, 5.74) is 0. The normalized spacial score (nSPS) is 24.7. The molecular formula is C8H17N+. The lowest BCUT2D eigenvalue weighted by molar-refractivity contribution is 0.379. The van der Waals surface area contributed by atoms with E-state index in [9.17, 15) is 0 Å². The van der Waals surface area contributed by atoms with Gasteiger partial charge in [0.15, 0.2) is 0 Å². The Bertz CT molecular complexity index is 74.6. The van der Waals surface area contributed by atoms with Crippen LogP contribution < -0.4 is 4.90 Å². The Morgan fingerprint density at radius 2 is 1.89 bits per heavy atom. The Morgan fingerprint density at radius 3 is 2.33 bits per heavy atom. The zero-order chi connectivity index (χ0) is 6.69. The summed E-state index contributed by atoms with van der Waals surface area (Å²) in [6, 6.07) is 0.826. The van der Waals surface area contributed by atoms with Crippen LogP contribution in [-0.4, -0.2) is 19.1 Å². The highest BCUT2D eigenvalue weighted by Gasteiger charge is 2.25. The van der Waals surface area contributed by atoms with Crippen molar-refractivity contribution in [2.24, 2.45) is 0 Å². The van der Waals surface area contributed by atoms with Crippen molar-refractivity contribution in [1.82, 2.24) is 4.90 Å². The quantitative estimate of drug-likeness (QED) is 0.498. The van der Waals surface area contributed by atoms with Gasteiger partial charge in [-0.2, -0.15) is 4.90 Å². The highest BCUT2D eigenvalue weighted by molar-refractivity contribution is 4.76. The van der Waals surface area contributed by atoms with Crippen molar-refractivity contribution in [1.29, 1.82) is 0 Å². The molecule has 0 aromatic rings. The molecule has 1 aliphatic heterocycles. The van der Waals surface area contributed by atoms with Crippen molar-refractivity contribution in [2.45, 2.75) is 39.2 Å². The lowest BCUT2D eigenvalue weighted by atomic mass is 10.2. The molecule has 9 heavy (non-hydrogen) atoms. The average Bonchev–Trinajstić information content (AvgIpc) is 2.37. The Hall–Kier alpha value is -0.0400. The third-order valence-corrected chi connectivity index (χ3v) is 2.35. The summed E-state index contributed by atoms with van der Waals surface area (Å²) >= 11 is 0. The summed E-state index contributed by atoms with van der Waals surface area (Å²) in [7, 11) is 0. The van der Waals surface area contributed by atoms with Gasteiger partial charge in [0, 0.05) is 19.3 Å². The first-order valence-electron chi connectivity index (χ1n) is 4.08. The first-order chi connectivity index (χ1) is 4.34. The molecule has 0 aliphatic carbocycles. The van der Waals surface area contributed by atoms with Gasteiger partial charge in [0.05, 0.1) is 0 Å². The van der Waals surface area contributed by atoms with E-state index in [0.717, 1.165) is 6.04 Å². The van der Waals surface area contributed by atoms with Gasteiger partial charge in [0.1, 0.15) is 19.1 Å². The van der Waals surface area contributed by atoms with Crippen LogP contribution in [0.1, 0.15) is 33.1 Å². The van der Waals surface area contributed by atoms with Gasteiger partial charge in [-0.1, -0.05) is 6.92 Å². The first-order valence-corrected chi connectivity index (χ1v) is 4.08. The fourth-order valence-corrected chi connectivity index (χ4v) is 1.44.